The molecule has 2 aromatic rings. The lowest BCUT2D eigenvalue weighted by molar-refractivity contribution is -0.242. The maximum Gasteiger partial charge on any atom is 0.426 e. The molecular formula is C18H19ClF3N3O6S2. The highest BCUT2D eigenvalue weighted by atomic mass is 35.5. The second-order valence-electron chi connectivity index (χ2n) is 7.00. The number of nitrogens with two attached hydrogens (primary N) is 1. The number of aliphatic hydroxyl groups is 1. The van der Waals surface area contributed by atoms with E-state index in [9.17, 15) is 39.9 Å². The van der Waals surface area contributed by atoms with Crippen LogP contribution in [0, 0.1) is 0 Å². The first-order valence-corrected chi connectivity index (χ1v) is 12.4. The van der Waals surface area contributed by atoms with Crippen LogP contribution >= 0.6 is 11.6 Å². The minimum absolute atomic E-state index is 0.0678. The number of sulfonamides is 2. The summed E-state index contributed by atoms with van der Waals surface area (Å²) in [4.78, 5) is 11.3. The van der Waals surface area contributed by atoms with Gasteiger partial charge in [0.1, 0.15) is 0 Å². The number of carbonyl (C=O) groups is 1. The fourth-order valence-electron chi connectivity index (χ4n) is 2.40. The summed E-state index contributed by atoms with van der Waals surface area (Å²) in [5, 5.41) is 15.8. The molecule has 9 nitrogen and oxygen atoms in total. The van der Waals surface area contributed by atoms with Crippen LogP contribution in [0.15, 0.2) is 52.3 Å². The molecule has 0 spiro atoms. The van der Waals surface area contributed by atoms with Crippen molar-refractivity contribution in [3.8, 4) is 0 Å². The van der Waals surface area contributed by atoms with E-state index in [0.29, 0.717) is 5.56 Å². The molecule has 0 heterocycles. The van der Waals surface area contributed by atoms with Gasteiger partial charge in [-0.3, -0.25) is 4.79 Å². The van der Waals surface area contributed by atoms with E-state index in [4.69, 9.17) is 16.7 Å². The number of carbonyl (C=O) groups excluding carboxylic acids is 1. The zero-order chi connectivity index (χ0) is 25.2. The summed E-state index contributed by atoms with van der Waals surface area (Å²) in [6, 6.07) is 8.41. The van der Waals surface area contributed by atoms with E-state index < -0.39 is 37.7 Å². The quantitative estimate of drug-likeness (QED) is 0.408. The normalized spacial score (nSPS) is 14.5. The third kappa shape index (κ3) is 6.65. The third-order valence-electron chi connectivity index (χ3n) is 4.45. The molecule has 33 heavy (non-hydrogen) atoms. The second-order valence-corrected chi connectivity index (χ2v) is 10.7. The Morgan fingerprint density at radius 3 is 2.09 bits per heavy atom. The maximum absolute atomic E-state index is 12.8. The summed E-state index contributed by atoms with van der Waals surface area (Å²) in [5.74, 6) is -1.79. The van der Waals surface area contributed by atoms with Crippen molar-refractivity contribution in [1.29, 1.82) is 0 Å². The Balaban J connectivity index is 2.06. The fraction of sp³-hybridized carbons (Fsp3) is 0.278. The Labute approximate surface area is 192 Å². The number of nitrogens with one attached hydrogen (secondary N) is 2. The summed E-state index contributed by atoms with van der Waals surface area (Å²) in [7, 11) is -7.92. The van der Waals surface area contributed by atoms with Gasteiger partial charge in [0.2, 0.25) is 25.6 Å². The van der Waals surface area contributed by atoms with Crippen LogP contribution in [-0.2, 0) is 31.3 Å². The number of amides is 1. The molecule has 1 atom stereocenters. The summed E-state index contributed by atoms with van der Waals surface area (Å²) >= 11 is 5.90. The van der Waals surface area contributed by atoms with Crippen molar-refractivity contribution in [3.63, 3.8) is 0 Å². The molecule has 0 aliphatic carbocycles. The number of alkyl halides is 3. The largest absolute Gasteiger partial charge is 0.426 e. The molecule has 0 radical (unpaired) electrons. The Bertz CT molecular complexity index is 1250. The zero-order valence-electron chi connectivity index (χ0n) is 16.8. The van der Waals surface area contributed by atoms with Crippen LogP contribution in [0.25, 0.3) is 0 Å². The number of rotatable bonds is 8. The van der Waals surface area contributed by atoms with E-state index in [2.05, 4.69) is 4.72 Å². The first-order valence-electron chi connectivity index (χ1n) is 8.96. The van der Waals surface area contributed by atoms with Crippen molar-refractivity contribution in [1.82, 2.24) is 4.72 Å². The van der Waals surface area contributed by atoms with Gasteiger partial charge in [-0.05, 0) is 49.2 Å². The first-order chi connectivity index (χ1) is 14.9. The molecule has 0 unspecified atom stereocenters. The van der Waals surface area contributed by atoms with E-state index in [-0.39, 0.29) is 40.4 Å². The van der Waals surface area contributed by atoms with Crippen molar-refractivity contribution in [2.45, 2.75) is 34.9 Å². The van der Waals surface area contributed by atoms with E-state index in [1.165, 1.54) is 24.3 Å². The number of hydrogen-bond acceptors (Lipinski definition) is 6. The van der Waals surface area contributed by atoms with Crippen molar-refractivity contribution in [3.05, 3.63) is 53.1 Å². The first kappa shape index (κ1) is 27.0. The van der Waals surface area contributed by atoms with Gasteiger partial charge < -0.3 is 10.4 Å². The molecular weight excluding hydrogens is 511 g/mol. The molecule has 5 N–H and O–H groups in total. The molecule has 0 aliphatic rings. The molecule has 15 heteroatoms. The molecule has 0 aliphatic heterocycles. The van der Waals surface area contributed by atoms with Gasteiger partial charge in [0.25, 0.3) is 5.91 Å². The molecule has 0 saturated carbocycles. The van der Waals surface area contributed by atoms with Crippen LogP contribution in [0.3, 0.4) is 0 Å². The van der Waals surface area contributed by atoms with E-state index in [1.807, 2.05) is 5.32 Å². The minimum Gasteiger partial charge on any atom is -0.373 e. The second kappa shape index (κ2) is 9.56. The Hall–Kier alpha value is -2.23. The highest BCUT2D eigenvalue weighted by Crippen LogP contribution is 2.32. The molecule has 0 fully saturated rings. The Morgan fingerprint density at radius 1 is 1.06 bits per heavy atom. The van der Waals surface area contributed by atoms with Crippen LogP contribution in [0.1, 0.15) is 12.5 Å². The fourth-order valence-corrected chi connectivity index (χ4v) is 4.26. The number of hydrogen-bond donors (Lipinski definition) is 4. The number of halogens is 4. The average Bonchev–Trinajstić information content (AvgIpc) is 2.68. The van der Waals surface area contributed by atoms with Crippen molar-refractivity contribution in [2.75, 3.05) is 11.9 Å². The number of benzene rings is 2. The van der Waals surface area contributed by atoms with Crippen LogP contribution in [0.2, 0.25) is 5.02 Å². The molecule has 182 valence electrons. The Kier molecular flexibility index (Phi) is 7.83. The standard InChI is InChI=1S/C18H19ClF3N3O6S2/c1-17(27,18(20,21)22)16(26)25-15-7-6-13(10-14(15)19)33(30,31)24-9-8-11-2-4-12(5-3-11)32(23,28)29/h2-7,10,24,27H,8-9H2,1H3,(H,25,26)(H2,23,28,29)/t17-/m1/s1. The topological polar surface area (TPSA) is 156 Å². The average molecular weight is 530 g/mol. The highest BCUT2D eigenvalue weighted by molar-refractivity contribution is 7.89. The van der Waals surface area contributed by atoms with Crippen molar-refractivity contribution >= 4 is 43.2 Å². The van der Waals surface area contributed by atoms with Crippen LogP contribution in [0.5, 0.6) is 0 Å². The monoisotopic (exact) mass is 529 g/mol. The molecule has 2 rings (SSSR count). The van der Waals surface area contributed by atoms with Crippen molar-refractivity contribution in [2.24, 2.45) is 5.14 Å². The lowest BCUT2D eigenvalue weighted by atomic mass is 10.1. The SMILES string of the molecule is C[C@@](O)(C(=O)Nc1ccc(S(=O)(=O)NCCc2ccc(S(N)(=O)=O)cc2)cc1Cl)C(F)(F)F. The molecule has 1 amide bonds. The molecule has 0 bridgehead atoms. The third-order valence-corrected chi connectivity index (χ3v) is 7.15. The number of primary sulfonamides is 1. The van der Waals surface area contributed by atoms with Gasteiger partial charge in [-0.15, -0.1) is 0 Å². The summed E-state index contributed by atoms with van der Waals surface area (Å²) in [6.07, 6.45) is -5.03. The van der Waals surface area contributed by atoms with E-state index >= 15 is 0 Å². The van der Waals surface area contributed by atoms with Gasteiger partial charge >= 0.3 is 6.18 Å². The van der Waals surface area contributed by atoms with Gasteiger partial charge in [-0.25, -0.2) is 26.7 Å². The van der Waals surface area contributed by atoms with Gasteiger partial charge in [0.15, 0.2) is 0 Å². The van der Waals surface area contributed by atoms with Crippen molar-refractivity contribution < 1.29 is 39.9 Å². The zero-order valence-corrected chi connectivity index (χ0v) is 19.2. The molecule has 2 aromatic carbocycles. The minimum atomic E-state index is -5.24. The molecule has 0 aromatic heterocycles. The lowest BCUT2D eigenvalue weighted by Crippen LogP contribution is -2.52. The van der Waals surface area contributed by atoms with Crippen LogP contribution in [-0.4, -0.2) is 46.2 Å². The van der Waals surface area contributed by atoms with Crippen LogP contribution < -0.4 is 15.2 Å². The van der Waals surface area contributed by atoms with Gasteiger partial charge in [0.05, 0.1) is 20.5 Å². The van der Waals surface area contributed by atoms with E-state index in [0.717, 1.165) is 18.2 Å². The summed E-state index contributed by atoms with van der Waals surface area (Å²) in [5.41, 5.74) is -3.40. The molecule has 0 saturated heterocycles. The predicted octanol–water partition coefficient (Wildman–Crippen LogP) is 1.76. The van der Waals surface area contributed by atoms with E-state index in [1.54, 1.807) is 0 Å². The summed E-state index contributed by atoms with van der Waals surface area (Å²) < 4.78 is 87.9. The van der Waals surface area contributed by atoms with Crippen LogP contribution in [0.4, 0.5) is 18.9 Å². The van der Waals surface area contributed by atoms with Gasteiger partial charge in [0, 0.05) is 6.54 Å². The lowest BCUT2D eigenvalue weighted by Gasteiger charge is -2.25. The van der Waals surface area contributed by atoms with Gasteiger partial charge in [-0.2, -0.15) is 13.2 Å². The highest BCUT2D eigenvalue weighted by Gasteiger charge is 2.55. The number of anilines is 1. The maximum atomic E-state index is 12.8. The summed E-state index contributed by atoms with van der Waals surface area (Å²) in [6.45, 7) is 0.198. The van der Waals surface area contributed by atoms with Gasteiger partial charge in [-0.1, -0.05) is 23.7 Å². The predicted molar refractivity (Wildman–Crippen MR) is 113 cm³/mol. The Morgan fingerprint density at radius 2 is 1.61 bits per heavy atom. The smallest absolute Gasteiger partial charge is 0.373 e.